The van der Waals surface area contributed by atoms with Crippen LogP contribution >= 0.6 is 0 Å². The molecule has 18 heavy (non-hydrogen) atoms. The van der Waals surface area contributed by atoms with Crippen LogP contribution in [0.2, 0.25) is 0 Å². The number of fused-ring (bicyclic) bond motifs is 1. The van der Waals surface area contributed by atoms with E-state index in [1.54, 1.807) is 0 Å². The zero-order chi connectivity index (χ0) is 12.7. The Morgan fingerprint density at radius 1 is 1.39 bits per heavy atom. The standard InChI is InChI=1S/C15H23NO2/c1-14-4-2-3-8-12-9(5-10(14)13(12)14)15(8,7-16)6-11(17)18/h8-10,12-13H,2-7,16H2,1H3,(H,17,18). The summed E-state index contributed by atoms with van der Waals surface area (Å²) in [5.41, 5.74) is 6.62. The molecule has 4 saturated carbocycles. The smallest absolute Gasteiger partial charge is 0.303 e. The largest absolute Gasteiger partial charge is 0.481 e. The number of carboxylic acids is 1. The van der Waals surface area contributed by atoms with E-state index < -0.39 is 5.97 Å². The van der Waals surface area contributed by atoms with Crippen LogP contribution in [0.25, 0.3) is 0 Å². The highest BCUT2D eigenvalue weighted by atomic mass is 16.4. The van der Waals surface area contributed by atoms with E-state index in [1.807, 2.05) is 0 Å². The Labute approximate surface area is 108 Å². The molecule has 4 rings (SSSR count). The van der Waals surface area contributed by atoms with E-state index >= 15 is 0 Å². The summed E-state index contributed by atoms with van der Waals surface area (Å²) < 4.78 is 0. The van der Waals surface area contributed by atoms with Crippen LogP contribution in [0.1, 0.15) is 39.0 Å². The normalized spacial score (nSPS) is 59.6. The zero-order valence-corrected chi connectivity index (χ0v) is 11.1. The fourth-order valence-electron chi connectivity index (χ4n) is 6.65. The minimum Gasteiger partial charge on any atom is -0.481 e. The van der Waals surface area contributed by atoms with Crippen LogP contribution in [0, 0.1) is 40.4 Å². The van der Waals surface area contributed by atoms with Gasteiger partial charge in [-0.3, -0.25) is 4.79 Å². The van der Waals surface area contributed by atoms with E-state index in [0.717, 1.165) is 17.8 Å². The average Bonchev–Trinajstić information content (AvgIpc) is 2.71. The quantitative estimate of drug-likeness (QED) is 0.805. The molecule has 0 aromatic rings. The summed E-state index contributed by atoms with van der Waals surface area (Å²) >= 11 is 0. The number of carboxylic acid groups (broad SMARTS) is 1. The van der Waals surface area contributed by atoms with E-state index in [2.05, 4.69) is 6.92 Å². The lowest BCUT2D eigenvalue weighted by Crippen LogP contribution is -2.60. The molecule has 0 spiro atoms. The minimum atomic E-state index is -0.647. The van der Waals surface area contributed by atoms with Crippen LogP contribution in [0.3, 0.4) is 0 Å². The topological polar surface area (TPSA) is 63.3 Å². The van der Waals surface area contributed by atoms with E-state index in [1.165, 1.54) is 25.7 Å². The maximum atomic E-state index is 11.2. The summed E-state index contributed by atoms with van der Waals surface area (Å²) in [6, 6.07) is 0. The Morgan fingerprint density at radius 2 is 2.17 bits per heavy atom. The number of aliphatic carboxylic acids is 1. The van der Waals surface area contributed by atoms with Gasteiger partial charge in [-0.25, -0.2) is 0 Å². The van der Waals surface area contributed by atoms with Crippen molar-refractivity contribution in [2.75, 3.05) is 6.54 Å². The van der Waals surface area contributed by atoms with Crippen molar-refractivity contribution in [3.05, 3.63) is 0 Å². The molecular formula is C15H23NO2. The van der Waals surface area contributed by atoms with Gasteiger partial charge in [0, 0.05) is 0 Å². The van der Waals surface area contributed by atoms with Gasteiger partial charge in [-0.15, -0.1) is 0 Å². The maximum absolute atomic E-state index is 11.2. The highest BCUT2D eigenvalue weighted by Gasteiger charge is 2.79. The van der Waals surface area contributed by atoms with Gasteiger partial charge < -0.3 is 10.8 Å². The van der Waals surface area contributed by atoms with Gasteiger partial charge in [0.05, 0.1) is 6.42 Å². The Kier molecular flexibility index (Phi) is 1.95. The van der Waals surface area contributed by atoms with Crippen molar-refractivity contribution < 1.29 is 9.90 Å². The summed E-state index contributed by atoms with van der Waals surface area (Å²) in [6.07, 6.45) is 5.47. The first-order chi connectivity index (χ1) is 8.54. The molecule has 4 fully saturated rings. The van der Waals surface area contributed by atoms with Gasteiger partial charge in [-0.2, -0.15) is 0 Å². The van der Waals surface area contributed by atoms with E-state index in [9.17, 15) is 9.90 Å². The predicted molar refractivity (Wildman–Crippen MR) is 67.8 cm³/mol. The third-order valence-corrected chi connectivity index (χ3v) is 7.35. The van der Waals surface area contributed by atoms with Crippen molar-refractivity contribution in [2.45, 2.75) is 39.0 Å². The van der Waals surface area contributed by atoms with Gasteiger partial charge in [-0.1, -0.05) is 13.3 Å². The Balaban J connectivity index is 1.68. The fourth-order valence-corrected chi connectivity index (χ4v) is 6.65. The Hall–Kier alpha value is -0.570. The minimum absolute atomic E-state index is 0.0465. The molecule has 0 amide bonds. The molecule has 0 radical (unpaired) electrons. The van der Waals surface area contributed by atoms with Crippen molar-refractivity contribution in [1.29, 1.82) is 0 Å². The van der Waals surface area contributed by atoms with Crippen molar-refractivity contribution in [3.8, 4) is 0 Å². The molecular weight excluding hydrogens is 226 g/mol. The molecule has 4 aliphatic carbocycles. The molecule has 0 bridgehead atoms. The van der Waals surface area contributed by atoms with Crippen molar-refractivity contribution in [3.63, 3.8) is 0 Å². The third kappa shape index (κ3) is 1.01. The zero-order valence-electron chi connectivity index (χ0n) is 11.1. The molecule has 3 N–H and O–H groups in total. The van der Waals surface area contributed by atoms with Crippen molar-refractivity contribution in [1.82, 2.24) is 0 Å². The van der Waals surface area contributed by atoms with Gasteiger partial charge in [0.2, 0.25) is 0 Å². The molecule has 0 aliphatic heterocycles. The number of carbonyl (C=O) groups is 1. The Bertz CT molecular complexity index is 423. The number of hydrogen-bond donors (Lipinski definition) is 2. The van der Waals surface area contributed by atoms with Crippen molar-refractivity contribution >= 4 is 5.97 Å². The van der Waals surface area contributed by atoms with E-state index in [4.69, 9.17) is 5.73 Å². The molecule has 0 aromatic carbocycles. The number of hydrogen-bond acceptors (Lipinski definition) is 2. The molecule has 0 saturated heterocycles. The molecule has 4 aliphatic rings. The van der Waals surface area contributed by atoms with Crippen LogP contribution < -0.4 is 5.73 Å². The van der Waals surface area contributed by atoms with Crippen LogP contribution in [-0.2, 0) is 4.79 Å². The summed E-state index contributed by atoms with van der Waals surface area (Å²) in [7, 11) is 0. The van der Waals surface area contributed by atoms with Crippen LogP contribution in [0.15, 0.2) is 0 Å². The highest BCUT2D eigenvalue weighted by Crippen LogP contribution is 2.84. The molecule has 3 nitrogen and oxygen atoms in total. The fraction of sp³-hybridized carbons (Fsp3) is 0.933. The lowest BCUT2D eigenvalue weighted by atomic mass is 9.44. The van der Waals surface area contributed by atoms with Crippen LogP contribution in [-0.4, -0.2) is 17.6 Å². The van der Waals surface area contributed by atoms with Gasteiger partial charge in [0.15, 0.2) is 0 Å². The first-order valence-electron chi connectivity index (χ1n) is 7.46. The summed E-state index contributed by atoms with van der Waals surface area (Å²) in [6.45, 7) is 3.06. The first kappa shape index (κ1) is 11.3. The Morgan fingerprint density at radius 3 is 2.83 bits per heavy atom. The summed E-state index contributed by atoms with van der Waals surface area (Å²) in [4.78, 5) is 11.2. The number of rotatable bonds is 3. The van der Waals surface area contributed by atoms with Crippen LogP contribution in [0.4, 0.5) is 0 Å². The predicted octanol–water partition coefficient (Wildman–Crippen LogP) is 2.11. The van der Waals surface area contributed by atoms with Gasteiger partial charge in [0.1, 0.15) is 0 Å². The summed E-state index contributed by atoms with van der Waals surface area (Å²) in [5, 5.41) is 9.23. The average molecular weight is 249 g/mol. The summed E-state index contributed by atoms with van der Waals surface area (Å²) in [5.74, 6) is 3.24. The molecule has 0 heterocycles. The lowest BCUT2D eigenvalue weighted by Gasteiger charge is -2.60. The highest BCUT2D eigenvalue weighted by molar-refractivity contribution is 5.68. The van der Waals surface area contributed by atoms with Gasteiger partial charge >= 0.3 is 5.97 Å². The molecule has 7 unspecified atom stereocenters. The van der Waals surface area contributed by atoms with Gasteiger partial charge in [-0.05, 0) is 66.2 Å². The second-order valence-corrected chi connectivity index (χ2v) is 7.56. The third-order valence-electron chi connectivity index (χ3n) is 7.35. The molecule has 100 valence electrons. The second kappa shape index (κ2) is 3.12. The maximum Gasteiger partial charge on any atom is 0.303 e. The van der Waals surface area contributed by atoms with Crippen molar-refractivity contribution in [2.24, 2.45) is 46.2 Å². The van der Waals surface area contributed by atoms with E-state index in [-0.39, 0.29) is 5.41 Å². The van der Waals surface area contributed by atoms with Gasteiger partial charge in [0.25, 0.3) is 0 Å². The molecule has 7 atom stereocenters. The lowest BCUT2D eigenvalue weighted by molar-refractivity contribution is -0.160. The van der Waals surface area contributed by atoms with E-state index in [0.29, 0.717) is 30.2 Å². The molecule has 3 heteroatoms. The monoisotopic (exact) mass is 249 g/mol. The first-order valence-corrected chi connectivity index (χ1v) is 7.46. The SMILES string of the molecule is CC12CCCC3C4C1C2CC4C3(CN)CC(=O)O. The number of nitrogens with two attached hydrogens (primary N) is 1. The second-order valence-electron chi connectivity index (χ2n) is 7.56. The molecule has 0 aromatic heterocycles. The van der Waals surface area contributed by atoms with Crippen LogP contribution in [0.5, 0.6) is 0 Å².